The van der Waals surface area contributed by atoms with Gasteiger partial charge in [0.15, 0.2) is 0 Å². The van der Waals surface area contributed by atoms with E-state index < -0.39 is 0 Å². The molecule has 0 fully saturated rings. The number of allylic oxidation sites excluding steroid dienone is 1. The Morgan fingerprint density at radius 3 is 2.05 bits per heavy atom. The Kier molecular flexibility index (Phi) is 4.57. The quantitative estimate of drug-likeness (QED) is 0.679. The maximum absolute atomic E-state index is 5.75. The predicted molar refractivity (Wildman–Crippen MR) is 81.2 cm³/mol. The Morgan fingerprint density at radius 1 is 0.842 bits per heavy atom. The van der Waals surface area contributed by atoms with Gasteiger partial charge in [0.05, 0.1) is 0 Å². The van der Waals surface area contributed by atoms with Crippen molar-refractivity contribution in [3.63, 3.8) is 0 Å². The second-order valence-electron chi connectivity index (χ2n) is 4.37. The Bertz CT molecular complexity index is 535. The van der Waals surface area contributed by atoms with Gasteiger partial charge in [0, 0.05) is 0 Å². The molecule has 0 saturated carbocycles. The van der Waals surface area contributed by atoms with Crippen LogP contribution in [0.2, 0.25) is 0 Å². The van der Waals surface area contributed by atoms with Gasteiger partial charge in [-0.1, -0.05) is 55.1 Å². The van der Waals surface area contributed by atoms with Crippen LogP contribution < -0.4 is 4.74 Å². The molecule has 0 bridgehead atoms. The minimum Gasteiger partial charge on any atom is -0.489 e. The molecule has 1 heteroatoms. The van der Waals surface area contributed by atoms with E-state index in [4.69, 9.17) is 4.74 Å². The van der Waals surface area contributed by atoms with Crippen LogP contribution in [0.25, 0.3) is 6.08 Å². The molecule has 2 aromatic carbocycles. The fraction of sp³-hybridized carbons (Fsp3) is 0.111. The van der Waals surface area contributed by atoms with Crippen LogP contribution in [0, 0.1) is 0 Å². The molecule has 0 saturated heterocycles. The number of benzene rings is 2. The molecule has 0 spiro atoms. The van der Waals surface area contributed by atoms with E-state index in [0.29, 0.717) is 6.61 Å². The average molecular weight is 250 g/mol. The summed E-state index contributed by atoms with van der Waals surface area (Å²) >= 11 is 0. The maximum Gasteiger partial charge on any atom is 0.119 e. The van der Waals surface area contributed by atoms with Crippen LogP contribution in [-0.4, -0.2) is 0 Å². The highest BCUT2D eigenvalue weighted by Gasteiger charge is 1.97. The summed E-state index contributed by atoms with van der Waals surface area (Å²) in [6.45, 7) is 8.05. The largest absolute Gasteiger partial charge is 0.489 e. The van der Waals surface area contributed by atoms with Crippen molar-refractivity contribution >= 4 is 6.08 Å². The van der Waals surface area contributed by atoms with Gasteiger partial charge in [0.1, 0.15) is 12.4 Å². The van der Waals surface area contributed by atoms with E-state index >= 15 is 0 Å². The van der Waals surface area contributed by atoms with Crippen molar-refractivity contribution in [2.45, 2.75) is 13.0 Å². The Morgan fingerprint density at radius 2 is 1.47 bits per heavy atom. The third-order valence-corrected chi connectivity index (χ3v) is 2.92. The number of hydrogen-bond acceptors (Lipinski definition) is 1. The summed E-state index contributed by atoms with van der Waals surface area (Å²) in [4.78, 5) is 0. The standard InChI is InChI=1S/C18H18O/c1-3-5-16-10-12-18(13-11-16)19-14-17-8-6-15(4-2)7-9-17/h3-4,6-13H,1-2,5,14H2. The molecular formula is C18H18O. The van der Waals surface area contributed by atoms with E-state index in [-0.39, 0.29) is 0 Å². The Hall–Kier alpha value is -2.28. The van der Waals surface area contributed by atoms with Gasteiger partial charge in [-0.15, -0.1) is 6.58 Å². The zero-order valence-electron chi connectivity index (χ0n) is 11.0. The molecule has 2 rings (SSSR count). The minimum absolute atomic E-state index is 0.582. The van der Waals surface area contributed by atoms with Crippen molar-refractivity contribution < 1.29 is 4.74 Å². The summed E-state index contributed by atoms with van der Waals surface area (Å²) in [7, 11) is 0. The predicted octanol–water partition coefficient (Wildman–Crippen LogP) is 4.64. The first-order valence-electron chi connectivity index (χ1n) is 6.36. The van der Waals surface area contributed by atoms with E-state index in [2.05, 4.69) is 37.4 Å². The first-order valence-corrected chi connectivity index (χ1v) is 6.36. The van der Waals surface area contributed by atoms with Crippen molar-refractivity contribution in [1.29, 1.82) is 0 Å². The molecule has 0 amide bonds. The SMILES string of the molecule is C=CCc1ccc(OCc2ccc(C=C)cc2)cc1. The maximum atomic E-state index is 5.75. The number of rotatable bonds is 6. The molecule has 0 aliphatic carbocycles. The second kappa shape index (κ2) is 6.60. The van der Waals surface area contributed by atoms with Gasteiger partial charge in [-0.25, -0.2) is 0 Å². The van der Waals surface area contributed by atoms with Crippen LogP contribution in [0.1, 0.15) is 16.7 Å². The lowest BCUT2D eigenvalue weighted by Crippen LogP contribution is -1.95. The topological polar surface area (TPSA) is 9.23 Å². The summed E-state index contributed by atoms with van der Waals surface area (Å²) in [5.74, 6) is 0.889. The second-order valence-corrected chi connectivity index (χ2v) is 4.37. The van der Waals surface area contributed by atoms with Crippen LogP contribution in [-0.2, 0) is 13.0 Å². The van der Waals surface area contributed by atoms with E-state index in [1.54, 1.807) is 0 Å². The highest BCUT2D eigenvalue weighted by Crippen LogP contribution is 2.15. The summed E-state index contributed by atoms with van der Waals surface area (Å²) in [5, 5.41) is 0. The molecule has 96 valence electrons. The van der Waals surface area contributed by atoms with Crippen molar-refractivity contribution in [3.8, 4) is 5.75 Å². The average Bonchev–Trinajstić information content (AvgIpc) is 2.47. The summed E-state index contributed by atoms with van der Waals surface area (Å²) < 4.78 is 5.75. The summed E-state index contributed by atoms with van der Waals surface area (Å²) in [5.41, 5.74) is 3.52. The summed E-state index contributed by atoms with van der Waals surface area (Å²) in [6, 6.07) is 16.3. The molecule has 0 radical (unpaired) electrons. The van der Waals surface area contributed by atoms with Gasteiger partial charge in [-0.2, -0.15) is 0 Å². The fourth-order valence-electron chi connectivity index (χ4n) is 1.81. The van der Waals surface area contributed by atoms with Crippen molar-refractivity contribution in [1.82, 2.24) is 0 Å². The molecule has 0 unspecified atom stereocenters. The third-order valence-electron chi connectivity index (χ3n) is 2.92. The smallest absolute Gasteiger partial charge is 0.119 e. The first-order chi connectivity index (χ1) is 9.31. The van der Waals surface area contributed by atoms with E-state index in [1.807, 2.05) is 36.4 Å². The molecule has 0 aliphatic rings. The molecule has 1 nitrogen and oxygen atoms in total. The van der Waals surface area contributed by atoms with Gasteiger partial charge < -0.3 is 4.74 Å². The number of ether oxygens (including phenoxy) is 1. The lowest BCUT2D eigenvalue weighted by Gasteiger charge is -2.07. The molecule has 0 N–H and O–H groups in total. The van der Waals surface area contributed by atoms with E-state index in [9.17, 15) is 0 Å². The zero-order valence-corrected chi connectivity index (χ0v) is 11.0. The first kappa shape index (κ1) is 13.2. The van der Waals surface area contributed by atoms with Gasteiger partial charge in [0.2, 0.25) is 0 Å². The normalized spacial score (nSPS) is 9.89. The Labute approximate surface area is 114 Å². The van der Waals surface area contributed by atoms with Crippen LogP contribution in [0.5, 0.6) is 5.75 Å². The van der Waals surface area contributed by atoms with Gasteiger partial charge in [-0.3, -0.25) is 0 Å². The molecule has 0 atom stereocenters. The van der Waals surface area contributed by atoms with E-state index in [0.717, 1.165) is 23.3 Å². The van der Waals surface area contributed by atoms with Gasteiger partial charge in [0.25, 0.3) is 0 Å². The van der Waals surface area contributed by atoms with Crippen LogP contribution in [0.3, 0.4) is 0 Å². The zero-order chi connectivity index (χ0) is 13.5. The molecule has 0 aliphatic heterocycles. The monoisotopic (exact) mass is 250 g/mol. The van der Waals surface area contributed by atoms with Gasteiger partial charge >= 0.3 is 0 Å². The van der Waals surface area contributed by atoms with Gasteiger partial charge in [-0.05, 0) is 35.2 Å². The molecule has 19 heavy (non-hydrogen) atoms. The molecule has 0 heterocycles. The highest BCUT2D eigenvalue weighted by molar-refractivity contribution is 5.47. The summed E-state index contributed by atoms with van der Waals surface area (Å²) in [6.07, 6.45) is 4.63. The lowest BCUT2D eigenvalue weighted by molar-refractivity contribution is 0.306. The van der Waals surface area contributed by atoms with Crippen molar-refractivity contribution in [3.05, 3.63) is 84.5 Å². The number of hydrogen-bond donors (Lipinski definition) is 0. The molecule has 2 aromatic rings. The Balaban J connectivity index is 1.93. The van der Waals surface area contributed by atoms with Crippen molar-refractivity contribution in [2.75, 3.05) is 0 Å². The lowest BCUT2D eigenvalue weighted by atomic mass is 10.1. The van der Waals surface area contributed by atoms with Crippen LogP contribution in [0.15, 0.2) is 67.8 Å². The highest BCUT2D eigenvalue weighted by atomic mass is 16.5. The minimum atomic E-state index is 0.582. The fourth-order valence-corrected chi connectivity index (χ4v) is 1.81. The van der Waals surface area contributed by atoms with Crippen LogP contribution >= 0.6 is 0 Å². The third kappa shape index (κ3) is 3.85. The molecule has 0 aromatic heterocycles. The van der Waals surface area contributed by atoms with Crippen LogP contribution in [0.4, 0.5) is 0 Å². The van der Waals surface area contributed by atoms with E-state index in [1.165, 1.54) is 5.56 Å². The van der Waals surface area contributed by atoms with Crippen molar-refractivity contribution in [2.24, 2.45) is 0 Å². The molecular weight excluding hydrogens is 232 g/mol.